The molecule has 1 heterocycles. The van der Waals surface area contributed by atoms with Crippen molar-refractivity contribution in [2.24, 2.45) is 0 Å². The van der Waals surface area contributed by atoms with Gasteiger partial charge < -0.3 is 23.4 Å². The molecule has 1 fully saturated rings. The van der Waals surface area contributed by atoms with Gasteiger partial charge in [-0.3, -0.25) is 0 Å². The van der Waals surface area contributed by atoms with Crippen molar-refractivity contribution in [3.05, 3.63) is 0 Å². The van der Waals surface area contributed by atoms with Crippen molar-refractivity contribution in [1.29, 1.82) is 0 Å². The van der Waals surface area contributed by atoms with Gasteiger partial charge in [0.05, 0.1) is 66.4 Å². The van der Waals surface area contributed by atoms with Gasteiger partial charge in [-0.05, 0) is 27.7 Å². The van der Waals surface area contributed by atoms with E-state index in [0.29, 0.717) is 45.7 Å². The number of methoxy groups -OCH3 is 1. The summed E-state index contributed by atoms with van der Waals surface area (Å²) in [5, 5.41) is 0. The molecule has 27 heavy (non-hydrogen) atoms. The molecule has 0 aromatic carbocycles. The quantitative estimate of drug-likeness (QED) is 0.243. The van der Waals surface area contributed by atoms with Gasteiger partial charge in [0.15, 0.2) is 0 Å². The Balaban J connectivity index is 2.22. The lowest BCUT2D eigenvalue weighted by Crippen LogP contribution is -2.64. The van der Waals surface area contributed by atoms with E-state index in [9.17, 15) is 0 Å². The zero-order chi connectivity index (χ0) is 20.6. The van der Waals surface area contributed by atoms with E-state index < -0.39 is 0 Å². The number of quaternary nitrogens is 1. The molecule has 0 bridgehead atoms. The maximum Gasteiger partial charge on any atom is 0.102 e. The highest BCUT2D eigenvalue weighted by molar-refractivity contribution is 9.07. The lowest BCUT2D eigenvalue weighted by molar-refractivity contribution is -0.918. The van der Waals surface area contributed by atoms with E-state index in [1.807, 2.05) is 0 Å². The lowest BCUT2D eigenvalue weighted by Gasteiger charge is -2.55. The zero-order valence-electron chi connectivity index (χ0n) is 18.6. The minimum absolute atomic E-state index is 0.141. The molecule has 7 heteroatoms. The lowest BCUT2D eigenvalue weighted by atomic mass is 9.78. The largest absolute Gasteiger partial charge is 0.382 e. The molecule has 0 spiro atoms. The normalized spacial score (nSPS) is 20.9. The summed E-state index contributed by atoms with van der Waals surface area (Å²) in [5.41, 5.74) is 0.282. The van der Waals surface area contributed by atoms with Crippen LogP contribution in [0.4, 0.5) is 0 Å². The van der Waals surface area contributed by atoms with Crippen molar-refractivity contribution < 1.29 is 23.4 Å². The number of nitrogens with zero attached hydrogens (tertiary/aromatic N) is 2. The Morgan fingerprint density at radius 2 is 1.22 bits per heavy atom. The van der Waals surface area contributed by atoms with Gasteiger partial charge in [0.1, 0.15) is 6.54 Å². The molecule has 6 nitrogen and oxygen atoms in total. The van der Waals surface area contributed by atoms with Crippen molar-refractivity contribution in [2.75, 3.05) is 74.0 Å². The summed E-state index contributed by atoms with van der Waals surface area (Å²) in [4.78, 5) is 0. The van der Waals surface area contributed by atoms with Crippen molar-refractivity contribution in [2.45, 2.75) is 57.7 Å². The standard InChI is InChI=1S/C20H42BrN2O4/c1-19(2)16-18(17-20(3,4)22(19)21)23(5,6)8-9-25-12-13-27-15-14-26-11-10-24-7/h18H,8-17H2,1-7H3/q+1. The molecule has 0 unspecified atom stereocenters. The summed E-state index contributed by atoms with van der Waals surface area (Å²) in [7, 11) is 6.33. The summed E-state index contributed by atoms with van der Waals surface area (Å²) < 4.78 is 25.0. The molecular formula is C20H42BrN2O4+. The monoisotopic (exact) mass is 453 g/mol. The maximum absolute atomic E-state index is 5.81. The summed E-state index contributed by atoms with van der Waals surface area (Å²) in [6, 6.07) is 0.618. The van der Waals surface area contributed by atoms with Gasteiger partial charge in [-0.1, -0.05) is 0 Å². The van der Waals surface area contributed by atoms with Crippen LogP contribution in [0.5, 0.6) is 0 Å². The van der Waals surface area contributed by atoms with Gasteiger partial charge in [-0.25, -0.2) is 3.93 Å². The van der Waals surface area contributed by atoms with Crippen LogP contribution in [-0.4, -0.2) is 99.5 Å². The maximum atomic E-state index is 5.81. The first-order valence-electron chi connectivity index (χ1n) is 10.0. The molecule has 0 atom stereocenters. The zero-order valence-corrected chi connectivity index (χ0v) is 20.1. The summed E-state index contributed by atoms with van der Waals surface area (Å²) >= 11 is 3.81. The highest BCUT2D eigenvalue weighted by Crippen LogP contribution is 2.43. The van der Waals surface area contributed by atoms with Crippen molar-refractivity contribution >= 4 is 16.1 Å². The van der Waals surface area contributed by atoms with Gasteiger partial charge in [0, 0.05) is 47.2 Å². The molecule has 0 N–H and O–H groups in total. The smallest absolute Gasteiger partial charge is 0.102 e. The molecule has 1 saturated heterocycles. The van der Waals surface area contributed by atoms with Crippen LogP contribution in [0.15, 0.2) is 0 Å². The van der Waals surface area contributed by atoms with E-state index in [1.165, 1.54) is 12.8 Å². The second-order valence-electron chi connectivity index (χ2n) is 9.30. The molecule has 0 amide bonds. The third-order valence-electron chi connectivity index (χ3n) is 5.51. The Labute approximate surface area is 175 Å². The van der Waals surface area contributed by atoms with E-state index in [0.717, 1.165) is 17.6 Å². The van der Waals surface area contributed by atoms with Gasteiger partial charge in [0.25, 0.3) is 0 Å². The van der Waals surface area contributed by atoms with Crippen LogP contribution in [-0.2, 0) is 18.9 Å². The van der Waals surface area contributed by atoms with E-state index in [-0.39, 0.29) is 11.1 Å². The molecular weight excluding hydrogens is 412 g/mol. The summed E-state index contributed by atoms with van der Waals surface area (Å²) in [6.07, 6.45) is 2.34. The van der Waals surface area contributed by atoms with Crippen LogP contribution in [0.2, 0.25) is 0 Å². The minimum atomic E-state index is 0.141. The fourth-order valence-electron chi connectivity index (χ4n) is 3.87. The van der Waals surface area contributed by atoms with Gasteiger partial charge in [0.2, 0.25) is 0 Å². The summed E-state index contributed by atoms with van der Waals surface area (Å²) in [5.74, 6) is 0. The Morgan fingerprint density at radius 1 is 0.815 bits per heavy atom. The van der Waals surface area contributed by atoms with Gasteiger partial charge in [-0.2, -0.15) is 0 Å². The van der Waals surface area contributed by atoms with Crippen LogP contribution in [0.3, 0.4) is 0 Å². The van der Waals surface area contributed by atoms with Crippen LogP contribution < -0.4 is 0 Å². The van der Waals surface area contributed by atoms with Crippen molar-refractivity contribution in [3.63, 3.8) is 0 Å². The van der Waals surface area contributed by atoms with Crippen LogP contribution >= 0.6 is 16.1 Å². The second-order valence-corrected chi connectivity index (χ2v) is 10.0. The molecule has 162 valence electrons. The Kier molecular flexibility index (Phi) is 10.7. The van der Waals surface area contributed by atoms with Crippen LogP contribution in [0.25, 0.3) is 0 Å². The van der Waals surface area contributed by atoms with E-state index in [4.69, 9.17) is 18.9 Å². The van der Waals surface area contributed by atoms with Crippen molar-refractivity contribution in [3.8, 4) is 0 Å². The number of rotatable bonds is 13. The molecule has 0 aromatic rings. The average molecular weight is 454 g/mol. The predicted octanol–water partition coefficient (Wildman–Crippen LogP) is 3.09. The fraction of sp³-hybridized carbons (Fsp3) is 1.00. The predicted molar refractivity (Wildman–Crippen MR) is 113 cm³/mol. The highest BCUT2D eigenvalue weighted by Gasteiger charge is 2.49. The molecule has 0 saturated carbocycles. The minimum Gasteiger partial charge on any atom is -0.382 e. The first-order valence-corrected chi connectivity index (χ1v) is 10.7. The Morgan fingerprint density at radius 3 is 1.67 bits per heavy atom. The number of ether oxygens (including phenoxy) is 4. The first kappa shape index (κ1) is 25.3. The number of hydrogen-bond acceptors (Lipinski definition) is 5. The third-order valence-corrected chi connectivity index (χ3v) is 7.43. The second kappa shape index (κ2) is 11.4. The molecule has 0 radical (unpaired) electrons. The molecule has 0 aliphatic carbocycles. The van der Waals surface area contributed by atoms with E-state index in [1.54, 1.807) is 7.11 Å². The molecule has 1 aliphatic rings. The van der Waals surface area contributed by atoms with Crippen LogP contribution in [0, 0.1) is 0 Å². The van der Waals surface area contributed by atoms with Crippen molar-refractivity contribution in [1.82, 2.24) is 3.93 Å². The van der Waals surface area contributed by atoms with E-state index >= 15 is 0 Å². The Hall–Kier alpha value is 0.240. The molecule has 1 aliphatic heterocycles. The topological polar surface area (TPSA) is 40.2 Å². The van der Waals surface area contributed by atoms with Gasteiger partial charge >= 0.3 is 0 Å². The summed E-state index contributed by atoms with van der Waals surface area (Å²) in [6.45, 7) is 14.8. The average Bonchev–Trinajstić information content (AvgIpc) is 2.57. The third kappa shape index (κ3) is 8.64. The van der Waals surface area contributed by atoms with Gasteiger partial charge in [-0.15, -0.1) is 0 Å². The number of likely N-dealkylation sites (N-methyl/N-ethyl adjacent to an activating group) is 1. The molecule has 1 rings (SSSR count). The number of hydrogen-bond donors (Lipinski definition) is 0. The number of piperidine rings is 1. The van der Waals surface area contributed by atoms with E-state index in [2.05, 4.69) is 61.9 Å². The molecule has 0 aromatic heterocycles. The number of halogens is 1. The Bertz CT molecular complexity index is 401. The van der Waals surface area contributed by atoms with Crippen LogP contribution in [0.1, 0.15) is 40.5 Å². The fourth-order valence-corrected chi connectivity index (χ4v) is 4.16. The first-order chi connectivity index (χ1) is 12.5. The highest BCUT2D eigenvalue weighted by atomic mass is 79.9. The SMILES string of the molecule is COCCOCCOCCOCC[N+](C)(C)C1CC(C)(C)N(Br)C(C)(C)C1.